The molecular weight excluding hydrogens is 322 g/mol. The van der Waals surface area contributed by atoms with Gasteiger partial charge in [0.2, 0.25) is 0 Å². The van der Waals surface area contributed by atoms with Crippen molar-refractivity contribution in [2.75, 3.05) is 0 Å². The molecule has 24 heavy (non-hydrogen) atoms. The van der Waals surface area contributed by atoms with Crippen molar-refractivity contribution < 1.29 is 9.21 Å². The molecule has 3 aromatic heterocycles. The van der Waals surface area contributed by atoms with Gasteiger partial charge in [-0.15, -0.1) is 11.3 Å². The summed E-state index contributed by atoms with van der Waals surface area (Å²) in [6.07, 6.45) is 1.59. The van der Waals surface area contributed by atoms with Gasteiger partial charge in [-0.25, -0.2) is 4.98 Å². The van der Waals surface area contributed by atoms with E-state index in [2.05, 4.69) is 33.1 Å². The van der Waals surface area contributed by atoms with Crippen LogP contribution in [0.2, 0.25) is 0 Å². The van der Waals surface area contributed by atoms with Crippen molar-refractivity contribution in [1.29, 1.82) is 0 Å². The molecular formula is C18H15N3O2S. The number of aryl methyl sites for hydroxylation is 1. The van der Waals surface area contributed by atoms with E-state index in [9.17, 15) is 4.79 Å². The topological polar surface area (TPSA) is 60.1 Å². The number of amides is 1. The highest BCUT2D eigenvalue weighted by atomic mass is 32.1. The van der Waals surface area contributed by atoms with Crippen LogP contribution >= 0.6 is 11.3 Å². The molecule has 0 aliphatic rings. The maximum atomic E-state index is 12.2. The summed E-state index contributed by atoms with van der Waals surface area (Å²) < 4.78 is 7.30. The second-order valence-electron chi connectivity index (χ2n) is 5.45. The van der Waals surface area contributed by atoms with Gasteiger partial charge < -0.3 is 14.3 Å². The molecule has 1 amide bonds. The van der Waals surface area contributed by atoms with E-state index in [0.717, 1.165) is 21.6 Å². The van der Waals surface area contributed by atoms with Crippen LogP contribution in [0, 0.1) is 0 Å². The van der Waals surface area contributed by atoms with Crippen LogP contribution in [0.15, 0.2) is 58.5 Å². The standard InChI is InChI=1S/C18H15N3O2S/c1-21-15-7-3-2-5-12(15)9-16(21)18-20-14(11-24-18)17(22)19-10-13-6-4-8-23-13/h2-9,11H,10H2,1H3,(H,19,22). The van der Waals surface area contributed by atoms with Gasteiger partial charge in [0, 0.05) is 23.3 Å². The van der Waals surface area contributed by atoms with Crippen LogP contribution in [-0.2, 0) is 13.6 Å². The third kappa shape index (κ3) is 2.61. The highest BCUT2D eigenvalue weighted by molar-refractivity contribution is 7.13. The SMILES string of the molecule is Cn1c(-c2nc(C(=O)NCc3ccco3)cs2)cc2ccccc21. The molecule has 4 rings (SSSR count). The molecule has 3 heterocycles. The first-order chi connectivity index (χ1) is 11.7. The molecule has 0 radical (unpaired) electrons. The Morgan fingerprint density at radius 2 is 2.17 bits per heavy atom. The van der Waals surface area contributed by atoms with E-state index in [1.54, 1.807) is 17.7 Å². The van der Waals surface area contributed by atoms with E-state index in [4.69, 9.17) is 4.42 Å². The third-order valence-electron chi connectivity index (χ3n) is 3.91. The minimum Gasteiger partial charge on any atom is -0.467 e. The number of para-hydroxylation sites is 1. The summed E-state index contributed by atoms with van der Waals surface area (Å²) in [5.41, 5.74) is 2.57. The maximum Gasteiger partial charge on any atom is 0.271 e. The highest BCUT2D eigenvalue weighted by Gasteiger charge is 2.15. The molecule has 5 nitrogen and oxygen atoms in total. The van der Waals surface area contributed by atoms with Crippen molar-refractivity contribution in [3.63, 3.8) is 0 Å². The number of rotatable bonds is 4. The van der Waals surface area contributed by atoms with Crippen LogP contribution in [0.4, 0.5) is 0 Å². The Kier molecular flexibility index (Phi) is 3.66. The van der Waals surface area contributed by atoms with Gasteiger partial charge in [-0.05, 0) is 24.3 Å². The first kappa shape index (κ1) is 14.7. The van der Waals surface area contributed by atoms with Gasteiger partial charge in [0.1, 0.15) is 16.5 Å². The minimum absolute atomic E-state index is 0.201. The molecule has 0 saturated heterocycles. The third-order valence-corrected chi connectivity index (χ3v) is 4.78. The lowest BCUT2D eigenvalue weighted by atomic mass is 10.2. The van der Waals surface area contributed by atoms with Gasteiger partial charge >= 0.3 is 0 Å². The van der Waals surface area contributed by atoms with Crippen LogP contribution in [0.1, 0.15) is 16.2 Å². The van der Waals surface area contributed by atoms with Crippen LogP contribution in [0.25, 0.3) is 21.6 Å². The Labute approximate surface area is 142 Å². The van der Waals surface area contributed by atoms with Gasteiger partial charge in [-0.1, -0.05) is 18.2 Å². The van der Waals surface area contributed by atoms with E-state index in [-0.39, 0.29) is 5.91 Å². The zero-order valence-electron chi connectivity index (χ0n) is 13.0. The monoisotopic (exact) mass is 337 g/mol. The van der Waals surface area contributed by atoms with Crippen molar-refractivity contribution in [1.82, 2.24) is 14.9 Å². The Bertz CT molecular complexity index is 999. The van der Waals surface area contributed by atoms with E-state index in [0.29, 0.717) is 18.0 Å². The van der Waals surface area contributed by atoms with Crippen LogP contribution in [-0.4, -0.2) is 15.5 Å². The number of benzene rings is 1. The number of aromatic nitrogens is 2. The van der Waals surface area contributed by atoms with Crippen LogP contribution in [0.3, 0.4) is 0 Å². The number of carbonyl (C=O) groups is 1. The van der Waals surface area contributed by atoms with E-state index >= 15 is 0 Å². The first-order valence-corrected chi connectivity index (χ1v) is 8.41. The number of hydrogen-bond acceptors (Lipinski definition) is 4. The molecule has 120 valence electrons. The lowest BCUT2D eigenvalue weighted by Crippen LogP contribution is -2.22. The van der Waals surface area contributed by atoms with Crippen molar-refractivity contribution >= 4 is 28.1 Å². The number of carbonyl (C=O) groups excluding carboxylic acids is 1. The fourth-order valence-corrected chi connectivity index (χ4v) is 3.51. The summed E-state index contributed by atoms with van der Waals surface area (Å²) in [5.74, 6) is 0.514. The van der Waals surface area contributed by atoms with Gasteiger partial charge in [0.15, 0.2) is 0 Å². The number of hydrogen-bond donors (Lipinski definition) is 1. The number of nitrogens with one attached hydrogen (secondary N) is 1. The molecule has 4 aromatic rings. The number of furan rings is 1. The zero-order valence-corrected chi connectivity index (χ0v) is 13.8. The number of thiazole rings is 1. The Balaban J connectivity index is 1.57. The second-order valence-corrected chi connectivity index (χ2v) is 6.31. The summed E-state index contributed by atoms with van der Waals surface area (Å²) in [6, 6.07) is 13.9. The van der Waals surface area contributed by atoms with Crippen molar-refractivity contribution in [3.05, 3.63) is 65.6 Å². The number of nitrogens with zero attached hydrogens (tertiary/aromatic N) is 2. The van der Waals surface area contributed by atoms with Crippen LogP contribution in [0.5, 0.6) is 0 Å². The van der Waals surface area contributed by atoms with Crippen LogP contribution < -0.4 is 5.32 Å². The molecule has 0 bridgehead atoms. The quantitative estimate of drug-likeness (QED) is 0.616. The molecule has 6 heteroatoms. The normalized spacial score (nSPS) is 11.0. The molecule has 1 aromatic carbocycles. The maximum absolute atomic E-state index is 12.2. The second kappa shape index (κ2) is 5.98. The lowest BCUT2D eigenvalue weighted by Gasteiger charge is -2.01. The first-order valence-electron chi connectivity index (χ1n) is 7.53. The van der Waals surface area contributed by atoms with Gasteiger partial charge in [0.25, 0.3) is 5.91 Å². The summed E-state index contributed by atoms with van der Waals surface area (Å²) in [7, 11) is 2.01. The molecule has 0 atom stereocenters. The van der Waals surface area contributed by atoms with Crippen molar-refractivity contribution in [2.24, 2.45) is 7.05 Å². The summed E-state index contributed by atoms with van der Waals surface area (Å²) >= 11 is 1.47. The Morgan fingerprint density at radius 1 is 1.29 bits per heavy atom. The van der Waals surface area contributed by atoms with Crippen molar-refractivity contribution in [3.8, 4) is 10.7 Å². The largest absolute Gasteiger partial charge is 0.467 e. The molecule has 0 fully saturated rings. The molecule has 0 aliphatic carbocycles. The van der Waals surface area contributed by atoms with Crippen molar-refractivity contribution in [2.45, 2.75) is 6.54 Å². The van der Waals surface area contributed by atoms with E-state index in [1.165, 1.54) is 11.3 Å². The average molecular weight is 337 g/mol. The number of fused-ring (bicyclic) bond motifs is 1. The smallest absolute Gasteiger partial charge is 0.271 e. The summed E-state index contributed by atoms with van der Waals surface area (Å²) in [4.78, 5) is 16.7. The lowest BCUT2D eigenvalue weighted by molar-refractivity contribution is 0.0944. The average Bonchev–Trinajstić information content (AvgIpc) is 3.33. The van der Waals surface area contributed by atoms with Gasteiger partial charge in [-0.3, -0.25) is 4.79 Å². The highest BCUT2D eigenvalue weighted by Crippen LogP contribution is 2.29. The molecule has 0 aliphatic heterocycles. The predicted octanol–water partition coefficient (Wildman–Crippen LogP) is 3.82. The Hall–Kier alpha value is -2.86. The molecule has 1 N–H and O–H groups in total. The zero-order chi connectivity index (χ0) is 16.5. The fraction of sp³-hybridized carbons (Fsp3) is 0.111. The molecule has 0 spiro atoms. The van der Waals surface area contributed by atoms with Gasteiger partial charge in [-0.2, -0.15) is 0 Å². The van der Waals surface area contributed by atoms with Gasteiger partial charge in [0.05, 0.1) is 18.5 Å². The Morgan fingerprint density at radius 3 is 2.96 bits per heavy atom. The van der Waals surface area contributed by atoms with E-state index in [1.807, 2.05) is 25.2 Å². The molecule has 0 saturated carbocycles. The fourth-order valence-electron chi connectivity index (χ4n) is 2.66. The summed E-state index contributed by atoms with van der Waals surface area (Å²) in [5, 5.41) is 6.59. The molecule has 0 unspecified atom stereocenters. The summed E-state index contributed by atoms with van der Waals surface area (Å²) in [6.45, 7) is 0.354. The minimum atomic E-state index is -0.201. The van der Waals surface area contributed by atoms with E-state index < -0.39 is 0 Å². The predicted molar refractivity (Wildman–Crippen MR) is 93.9 cm³/mol.